The average molecular weight is 410 g/mol. The summed E-state index contributed by atoms with van der Waals surface area (Å²) in [5.74, 6) is 0. The minimum Gasteiger partial charge on any atom is -0.382 e. The van der Waals surface area contributed by atoms with Gasteiger partial charge in [-0.2, -0.15) is 0 Å². The standard InChI is InChI=1S/C17H21NO3S.3C2H6/c1-11-4-5-13-12(8-11)6-7-18(17(13)22)16-9-14(20-3)15(21-16)10-19-2;3*1-2/h4-8,14-16H,9-10H2,1-3H3;3*1-2H3/t14-,15?,16-;;;/m1.../s1. The summed E-state index contributed by atoms with van der Waals surface area (Å²) in [4.78, 5) is 0. The number of benzene rings is 1. The summed E-state index contributed by atoms with van der Waals surface area (Å²) in [5.41, 5.74) is 1.23. The topological polar surface area (TPSA) is 32.6 Å². The molecule has 1 aromatic carbocycles. The fraction of sp³-hybridized carbons (Fsp3) is 0.609. The first-order valence-corrected chi connectivity index (χ1v) is 10.8. The maximum Gasteiger partial charge on any atom is 0.137 e. The third kappa shape index (κ3) is 6.66. The maximum absolute atomic E-state index is 6.09. The summed E-state index contributed by atoms with van der Waals surface area (Å²) >= 11 is 5.66. The van der Waals surface area contributed by atoms with E-state index in [-0.39, 0.29) is 18.4 Å². The molecule has 5 heteroatoms. The third-order valence-corrected chi connectivity index (χ3v) is 4.64. The van der Waals surface area contributed by atoms with E-state index in [0.717, 1.165) is 21.8 Å². The van der Waals surface area contributed by atoms with Crippen LogP contribution in [0.4, 0.5) is 0 Å². The molecule has 0 bridgehead atoms. The molecule has 0 saturated carbocycles. The van der Waals surface area contributed by atoms with Gasteiger partial charge in [0.1, 0.15) is 17.0 Å². The van der Waals surface area contributed by atoms with Gasteiger partial charge in [-0.3, -0.25) is 0 Å². The Morgan fingerprint density at radius 2 is 1.71 bits per heavy atom. The highest BCUT2D eigenvalue weighted by atomic mass is 32.1. The zero-order valence-corrected chi connectivity index (χ0v) is 19.9. The molecule has 3 atom stereocenters. The van der Waals surface area contributed by atoms with Crippen molar-refractivity contribution in [3.8, 4) is 0 Å². The number of hydrogen-bond acceptors (Lipinski definition) is 4. The highest BCUT2D eigenvalue weighted by Gasteiger charge is 2.36. The Hall–Kier alpha value is -1.27. The van der Waals surface area contributed by atoms with Crippen LogP contribution < -0.4 is 0 Å². The van der Waals surface area contributed by atoms with Crippen LogP contribution in [-0.2, 0) is 14.2 Å². The predicted octanol–water partition coefficient (Wildman–Crippen LogP) is 6.71. The quantitative estimate of drug-likeness (QED) is 0.526. The van der Waals surface area contributed by atoms with E-state index in [2.05, 4.69) is 31.2 Å². The number of fused-ring (bicyclic) bond motifs is 1. The highest BCUT2D eigenvalue weighted by molar-refractivity contribution is 7.71. The van der Waals surface area contributed by atoms with Crippen molar-refractivity contribution in [3.05, 3.63) is 40.7 Å². The molecule has 2 aromatic rings. The summed E-state index contributed by atoms with van der Waals surface area (Å²) < 4.78 is 19.6. The van der Waals surface area contributed by atoms with Gasteiger partial charge >= 0.3 is 0 Å². The molecule has 1 aliphatic heterocycles. The minimum absolute atomic E-state index is 0.0283. The highest BCUT2D eigenvalue weighted by Crippen LogP contribution is 2.32. The molecule has 0 N–H and O–H groups in total. The van der Waals surface area contributed by atoms with Crippen LogP contribution in [-0.4, -0.2) is 37.6 Å². The molecule has 0 aliphatic carbocycles. The monoisotopic (exact) mass is 409 g/mol. The number of pyridine rings is 1. The normalized spacial score (nSPS) is 20.2. The van der Waals surface area contributed by atoms with Gasteiger partial charge < -0.3 is 18.8 Å². The first-order chi connectivity index (χ1) is 13.6. The third-order valence-electron chi connectivity index (χ3n) is 4.21. The number of aromatic nitrogens is 1. The zero-order chi connectivity index (χ0) is 21.7. The molecule has 1 aliphatic rings. The summed E-state index contributed by atoms with van der Waals surface area (Å²) in [7, 11) is 3.38. The van der Waals surface area contributed by atoms with E-state index >= 15 is 0 Å². The Morgan fingerprint density at radius 3 is 2.29 bits per heavy atom. The number of nitrogens with zero attached hydrogens (tertiary/aromatic N) is 1. The van der Waals surface area contributed by atoms with Crippen molar-refractivity contribution in [2.45, 2.75) is 73.3 Å². The lowest BCUT2D eigenvalue weighted by atomic mass is 10.1. The molecule has 3 rings (SSSR count). The van der Waals surface area contributed by atoms with E-state index < -0.39 is 0 Å². The molecule has 1 fully saturated rings. The first-order valence-electron chi connectivity index (χ1n) is 10.4. The van der Waals surface area contributed by atoms with E-state index in [9.17, 15) is 0 Å². The van der Waals surface area contributed by atoms with Crippen LogP contribution in [0.5, 0.6) is 0 Å². The van der Waals surface area contributed by atoms with Gasteiger partial charge in [0.25, 0.3) is 0 Å². The fourth-order valence-electron chi connectivity index (χ4n) is 3.04. The number of aryl methyl sites for hydroxylation is 1. The van der Waals surface area contributed by atoms with Crippen molar-refractivity contribution < 1.29 is 14.2 Å². The summed E-state index contributed by atoms with van der Waals surface area (Å²) in [6.45, 7) is 14.6. The van der Waals surface area contributed by atoms with Crippen molar-refractivity contribution in [1.29, 1.82) is 0 Å². The van der Waals surface area contributed by atoms with Crippen molar-refractivity contribution in [2.75, 3.05) is 20.8 Å². The van der Waals surface area contributed by atoms with Gasteiger partial charge in [-0.05, 0) is 18.4 Å². The Labute approximate surface area is 176 Å². The van der Waals surface area contributed by atoms with Crippen LogP contribution in [0.2, 0.25) is 0 Å². The Bertz CT molecular complexity index is 729. The van der Waals surface area contributed by atoms with Crippen LogP contribution in [0.15, 0.2) is 30.5 Å². The van der Waals surface area contributed by atoms with Gasteiger partial charge in [-0.15, -0.1) is 0 Å². The molecule has 0 radical (unpaired) electrons. The van der Waals surface area contributed by atoms with Crippen molar-refractivity contribution >= 4 is 23.0 Å². The van der Waals surface area contributed by atoms with Gasteiger partial charge in [0.15, 0.2) is 0 Å². The van der Waals surface area contributed by atoms with Gasteiger partial charge in [-0.25, -0.2) is 0 Å². The zero-order valence-electron chi connectivity index (χ0n) is 19.1. The van der Waals surface area contributed by atoms with E-state index in [1.165, 1.54) is 5.56 Å². The molecular formula is C23H39NO3S. The fourth-order valence-corrected chi connectivity index (χ4v) is 3.41. The molecule has 4 nitrogen and oxygen atoms in total. The molecule has 2 heterocycles. The molecule has 0 amide bonds. The SMILES string of the molecule is CC.CC.CC.COCC1O[C@@H](n2ccc3cc(C)ccc3c2=S)C[C@H]1OC. The average Bonchev–Trinajstić information content (AvgIpc) is 3.15. The lowest BCUT2D eigenvalue weighted by Gasteiger charge is -2.17. The molecule has 28 heavy (non-hydrogen) atoms. The Kier molecular flexibility index (Phi) is 14.0. The number of methoxy groups -OCH3 is 2. The predicted molar refractivity (Wildman–Crippen MR) is 123 cm³/mol. The van der Waals surface area contributed by atoms with E-state index in [1.54, 1.807) is 14.2 Å². The van der Waals surface area contributed by atoms with Gasteiger partial charge in [-0.1, -0.05) is 77.5 Å². The second-order valence-electron chi connectivity index (χ2n) is 5.71. The maximum atomic E-state index is 6.09. The van der Waals surface area contributed by atoms with Crippen molar-refractivity contribution in [1.82, 2.24) is 4.57 Å². The number of ether oxygens (including phenoxy) is 3. The van der Waals surface area contributed by atoms with Crippen LogP contribution in [0.3, 0.4) is 0 Å². The summed E-state index contributed by atoms with van der Waals surface area (Å²) in [6, 6.07) is 8.41. The minimum atomic E-state index is -0.108. The van der Waals surface area contributed by atoms with Crippen molar-refractivity contribution in [2.24, 2.45) is 0 Å². The molecule has 0 spiro atoms. The Balaban J connectivity index is 0.00000111. The van der Waals surface area contributed by atoms with Crippen LogP contribution in [0, 0.1) is 11.6 Å². The summed E-state index contributed by atoms with van der Waals surface area (Å²) in [5, 5.41) is 2.24. The van der Waals surface area contributed by atoms with E-state index in [4.69, 9.17) is 26.4 Å². The van der Waals surface area contributed by atoms with Crippen molar-refractivity contribution in [3.63, 3.8) is 0 Å². The van der Waals surface area contributed by atoms with Crippen LogP contribution >= 0.6 is 12.2 Å². The van der Waals surface area contributed by atoms with Gasteiger partial charge in [0, 0.05) is 32.2 Å². The Morgan fingerprint density at radius 1 is 1.07 bits per heavy atom. The second-order valence-corrected chi connectivity index (χ2v) is 6.10. The first kappa shape index (κ1) is 26.7. The molecule has 1 saturated heterocycles. The van der Waals surface area contributed by atoms with Crippen LogP contribution in [0.25, 0.3) is 10.8 Å². The largest absolute Gasteiger partial charge is 0.382 e. The summed E-state index contributed by atoms with van der Waals surface area (Å²) in [6.07, 6.45) is 2.65. The van der Waals surface area contributed by atoms with Gasteiger partial charge in [0.2, 0.25) is 0 Å². The lowest BCUT2D eigenvalue weighted by Crippen LogP contribution is -2.27. The number of hydrogen-bond donors (Lipinski definition) is 0. The van der Waals surface area contributed by atoms with E-state index in [1.807, 2.05) is 52.3 Å². The van der Waals surface area contributed by atoms with Gasteiger partial charge in [0.05, 0.1) is 12.7 Å². The molecule has 160 valence electrons. The number of rotatable bonds is 4. The molecule has 1 unspecified atom stereocenters. The lowest BCUT2D eigenvalue weighted by molar-refractivity contribution is -0.0609. The van der Waals surface area contributed by atoms with Crippen LogP contribution in [0.1, 0.15) is 59.8 Å². The smallest absolute Gasteiger partial charge is 0.137 e. The molecular weight excluding hydrogens is 370 g/mol. The second kappa shape index (κ2) is 14.7. The van der Waals surface area contributed by atoms with E-state index in [0.29, 0.717) is 6.61 Å². The molecule has 1 aromatic heterocycles.